The van der Waals surface area contributed by atoms with Gasteiger partial charge in [0.15, 0.2) is 0 Å². The Hall–Kier alpha value is -0.790. The molecule has 2 heteroatoms. The lowest BCUT2D eigenvalue weighted by Crippen LogP contribution is -2.18. The van der Waals surface area contributed by atoms with Crippen molar-refractivity contribution in [2.45, 2.75) is 46.0 Å². The van der Waals surface area contributed by atoms with Gasteiger partial charge >= 0.3 is 0 Å². The van der Waals surface area contributed by atoms with Crippen molar-refractivity contribution in [3.63, 3.8) is 0 Å². The summed E-state index contributed by atoms with van der Waals surface area (Å²) in [4.78, 5) is 0. The van der Waals surface area contributed by atoms with Crippen molar-refractivity contribution >= 4 is 5.71 Å². The molecule has 2 nitrogen and oxygen atoms in total. The van der Waals surface area contributed by atoms with Gasteiger partial charge in [-0.1, -0.05) is 23.2 Å². The smallest absolute Gasteiger partial charge is 0.0604 e. The first-order valence-corrected chi connectivity index (χ1v) is 5.08. The van der Waals surface area contributed by atoms with Crippen LogP contribution in [0.25, 0.3) is 0 Å². The lowest BCUT2D eigenvalue weighted by molar-refractivity contribution is 0.309. The third kappa shape index (κ3) is 3.21. The minimum Gasteiger partial charge on any atom is -0.411 e. The molecular weight excluding hydrogens is 162 g/mol. The zero-order valence-corrected chi connectivity index (χ0v) is 8.58. The molecule has 1 aliphatic carbocycles. The molecule has 1 aliphatic rings. The van der Waals surface area contributed by atoms with Crippen LogP contribution in [0.15, 0.2) is 16.8 Å². The highest BCUT2D eigenvalue weighted by molar-refractivity contribution is 5.86. The van der Waals surface area contributed by atoms with Crippen molar-refractivity contribution in [3.8, 4) is 0 Å². The second-order valence-electron chi connectivity index (χ2n) is 4.05. The molecule has 1 N–H and O–H groups in total. The van der Waals surface area contributed by atoms with Gasteiger partial charge in [0.05, 0.1) is 5.71 Å². The van der Waals surface area contributed by atoms with Crippen molar-refractivity contribution in [1.82, 2.24) is 0 Å². The number of oxime groups is 1. The van der Waals surface area contributed by atoms with Crippen LogP contribution in [-0.2, 0) is 0 Å². The molecule has 0 radical (unpaired) electrons. The zero-order chi connectivity index (χ0) is 9.68. The summed E-state index contributed by atoms with van der Waals surface area (Å²) < 4.78 is 0. The van der Waals surface area contributed by atoms with Crippen LogP contribution in [0.5, 0.6) is 0 Å². The van der Waals surface area contributed by atoms with Crippen LogP contribution in [0.1, 0.15) is 46.0 Å². The minimum atomic E-state index is 0.494. The van der Waals surface area contributed by atoms with E-state index in [1.165, 1.54) is 24.8 Å². The van der Waals surface area contributed by atoms with Gasteiger partial charge in [-0.15, -0.1) is 0 Å². The Kier molecular flexibility index (Phi) is 4.00. The average Bonchev–Trinajstić information content (AvgIpc) is 2.15. The van der Waals surface area contributed by atoms with Gasteiger partial charge in [0.1, 0.15) is 0 Å². The van der Waals surface area contributed by atoms with Gasteiger partial charge in [0, 0.05) is 5.92 Å². The number of nitrogens with zero attached hydrogens (tertiary/aromatic N) is 1. The van der Waals surface area contributed by atoms with E-state index in [0.717, 1.165) is 18.6 Å². The highest BCUT2D eigenvalue weighted by atomic mass is 16.4. The highest BCUT2D eigenvalue weighted by Gasteiger charge is 2.19. The summed E-state index contributed by atoms with van der Waals surface area (Å²) >= 11 is 0. The monoisotopic (exact) mass is 181 g/mol. The van der Waals surface area contributed by atoms with Gasteiger partial charge in [0.25, 0.3) is 0 Å². The first-order valence-electron chi connectivity index (χ1n) is 5.08. The second-order valence-corrected chi connectivity index (χ2v) is 4.05. The Morgan fingerprint density at radius 3 is 2.92 bits per heavy atom. The summed E-state index contributed by atoms with van der Waals surface area (Å²) in [5, 5.41) is 12.2. The largest absolute Gasteiger partial charge is 0.411 e. The summed E-state index contributed by atoms with van der Waals surface area (Å²) in [7, 11) is 0. The third-order valence-electron chi connectivity index (χ3n) is 2.65. The molecule has 0 aliphatic heterocycles. The predicted molar refractivity (Wildman–Crippen MR) is 55.2 cm³/mol. The Morgan fingerprint density at radius 1 is 1.54 bits per heavy atom. The third-order valence-corrected chi connectivity index (χ3v) is 2.65. The van der Waals surface area contributed by atoms with Crippen LogP contribution >= 0.6 is 0 Å². The zero-order valence-electron chi connectivity index (χ0n) is 8.58. The minimum absolute atomic E-state index is 0.494. The van der Waals surface area contributed by atoms with Gasteiger partial charge in [0.2, 0.25) is 0 Å². The fraction of sp³-hybridized carbons (Fsp3) is 0.727. The van der Waals surface area contributed by atoms with Gasteiger partial charge in [-0.25, -0.2) is 0 Å². The molecular formula is C11H19NO. The number of rotatable bonds is 2. The van der Waals surface area contributed by atoms with Gasteiger partial charge in [-0.05, 0) is 39.5 Å². The molecule has 0 bridgehead atoms. The van der Waals surface area contributed by atoms with Crippen LogP contribution in [0, 0.1) is 5.92 Å². The van der Waals surface area contributed by atoms with E-state index in [-0.39, 0.29) is 0 Å². The summed E-state index contributed by atoms with van der Waals surface area (Å²) in [6.07, 6.45) is 7.91. The fourth-order valence-corrected chi connectivity index (χ4v) is 1.83. The molecule has 74 valence electrons. The maximum atomic E-state index is 8.79. The van der Waals surface area contributed by atoms with Gasteiger partial charge < -0.3 is 5.21 Å². The Bertz CT molecular complexity index is 214. The summed E-state index contributed by atoms with van der Waals surface area (Å²) in [6, 6.07) is 0. The van der Waals surface area contributed by atoms with Crippen LogP contribution < -0.4 is 0 Å². The van der Waals surface area contributed by atoms with Crippen LogP contribution in [-0.4, -0.2) is 10.9 Å². The van der Waals surface area contributed by atoms with Crippen LogP contribution in [0.2, 0.25) is 0 Å². The Labute approximate surface area is 80.3 Å². The SMILES string of the molecule is CC(C)=CCC1CCCC/C1=N/O. The molecule has 1 fully saturated rings. The molecule has 1 atom stereocenters. The molecule has 0 saturated heterocycles. The van der Waals surface area contributed by atoms with E-state index < -0.39 is 0 Å². The van der Waals surface area contributed by atoms with E-state index in [9.17, 15) is 0 Å². The maximum absolute atomic E-state index is 8.79. The summed E-state index contributed by atoms with van der Waals surface area (Å²) in [6.45, 7) is 4.22. The van der Waals surface area contributed by atoms with Crippen molar-refractivity contribution < 1.29 is 5.21 Å². The van der Waals surface area contributed by atoms with Crippen molar-refractivity contribution in [2.75, 3.05) is 0 Å². The molecule has 0 aromatic heterocycles. The molecule has 0 spiro atoms. The Morgan fingerprint density at radius 2 is 2.31 bits per heavy atom. The molecule has 1 saturated carbocycles. The molecule has 0 amide bonds. The van der Waals surface area contributed by atoms with Crippen molar-refractivity contribution in [2.24, 2.45) is 11.1 Å². The number of hydrogen-bond acceptors (Lipinski definition) is 2. The maximum Gasteiger partial charge on any atom is 0.0604 e. The molecule has 1 rings (SSSR count). The quantitative estimate of drug-likeness (QED) is 0.395. The number of allylic oxidation sites excluding steroid dienone is 2. The standard InChI is InChI=1S/C11H19NO/c1-9(2)7-8-10-5-3-4-6-11(10)12-13/h7,10,13H,3-6,8H2,1-2H3/b12-11-. The van der Waals surface area contributed by atoms with Gasteiger partial charge in [-0.3, -0.25) is 0 Å². The molecule has 13 heavy (non-hydrogen) atoms. The lowest BCUT2D eigenvalue weighted by atomic mass is 9.85. The van der Waals surface area contributed by atoms with Gasteiger partial charge in [-0.2, -0.15) is 0 Å². The van der Waals surface area contributed by atoms with Crippen LogP contribution in [0.4, 0.5) is 0 Å². The van der Waals surface area contributed by atoms with Crippen molar-refractivity contribution in [1.29, 1.82) is 0 Å². The lowest BCUT2D eigenvalue weighted by Gasteiger charge is -2.21. The Balaban J connectivity index is 2.51. The summed E-state index contributed by atoms with van der Waals surface area (Å²) in [5.41, 5.74) is 2.35. The summed E-state index contributed by atoms with van der Waals surface area (Å²) in [5.74, 6) is 0.494. The average molecular weight is 181 g/mol. The van der Waals surface area contributed by atoms with Crippen molar-refractivity contribution in [3.05, 3.63) is 11.6 Å². The molecule has 0 aromatic rings. The van der Waals surface area contributed by atoms with E-state index in [1.807, 2.05) is 0 Å². The predicted octanol–water partition coefficient (Wildman–Crippen LogP) is 3.36. The fourth-order valence-electron chi connectivity index (χ4n) is 1.83. The van der Waals surface area contributed by atoms with E-state index >= 15 is 0 Å². The van der Waals surface area contributed by atoms with E-state index in [1.54, 1.807) is 0 Å². The highest BCUT2D eigenvalue weighted by Crippen LogP contribution is 2.25. The van der Waals surface area contributed by atoms with E-state index in [2.05, 4.69) is 25.1 Å². The topological polar surface area (TPSA) is 32.6 Å². The molecule has 1 unspecified atom stereocenters. The first-order chi connectivity index (χ1) is 6.24. The van der Waals surface area contributed by atoms with E-state index in [0.29, 0.717) is 5.92 Å². The molecule has 0 aromatic carbocycles. The normalized spacial score (nSPS) is 26.0. The van der Waals surface area contributed by atoms with E-state index in [4.69, 9.17) is 5.21 Å². The number of hydrogen-bond donors (Lipinski definition) is 1. The second kappa shape index (κ2) is 5.05. The van der Waals surface area contributed by atoms with Crippen LogP contribution in [0.3, 0.4) is 0 Å². The molecule has 0 heterocycles. The first kappa shape index (κ1) is 10.3.